The smallest absolute Gasteiger partial charge is 0.254 e. The highest BCUT2D eigenvalue weighted by Crippen LogP contribution is 2.26. The fourth-order valence-electron chi connectivity index (χ4n) is 2.56. The quantitative estimate of drug-likeness (QED) is 0.847. The number of carbonyl (C=O) groups excluding carboxylic acids is 1. The lowest BCUT2D eigenvalue weighted by molar-refractivity contribution is 0.0783. The summed E-state index contributed by atoms with van der Waals surface area (Å²) in [6, 6.07) is 5.55. The zero-order valence-electron chi connectivity index (χ0n) is 11.8. The zero-order valence-corrected chi connectivity index (χ0v) is 12.7. The Labute approximate surface area is 121 Å². The van der Waals surface area contributed by atoms with Gasteiger partial charge >= 0.3 is 0 Å². The number of benzene rings is 1. The first-order valence-corrected chi connectivity index (χ1v) is 6.64. The van der Waals surface area contributed by atoms with Gasteiger partial charge in [0.25, 0.3) is 5.91 Å². The molecule has 1 unspecified atom stereocenters. The molecule has 1 atom stereocenters. The standard InChI is InChI=1S/C15H22N2O.ClH/c1-10(2)12-6-7-17(9-12)15(18)14-8-13(16)5-4-11(14)3;/h4-5,8,10,12H,6-7,9,16H2,1-3H3;1H. The highest BCUT2D eigenvalue weighted by atomic mass is 35.5. The zero-order chi connectivity index (χ0) is 13.3. The van der Waals surface area contributed by atoms with Gasteiger partial charge in [0, 0.05) is 24.3 Å². The summed E-state index contributed by atoms with van der Waals surface area (Å²) >= 11 is 0. The Hall–Kier alpha value is -1.22. The minimum Gasteiger partial charge on any atom is -0.399 e. The first kappa shape index (κ1) is 15.8. The number of anilines is 1. The Kier molecular flexibility index (Phi) is 5.24. The lowest BCUT2D eigenvalue weighted by Gasteiger charge is -2.19. The second-order valence-electron chi connectivity index (χ2n) is 5.62. The van der Waals surface area contributed by atoms with Crippen LogP contribution in [0.15, 0.2) is 18.2 Å². The molecule has 1 heterocycles. The number of carbonyl (C=O) groups is 1. The molecule has 2 N–H and O–H groups in total. The van der Waals surface area contributed by atoms with Crippen molar-refractivity contribution in [1.82, 2.24) is 4.90 Å². The van der Waals surface area contributed by atoms with Crippen LogP contribution in [-0.2, 0) is 0 Å². The van der Waals surface area contributed by atoms with Crippen LogP contribution >= 0.6 is 12.4 Å². The molecule has 3 nitrogen and oxygen atoms in total. The van der Waals surface area contributed by atoms with Crippen molar-refractivity contribution in [2.75, 3.05) is 18.8 Å². The van der Waals surface area contributed by atoms with Gasteiger partial charge in [-0.3, -0.25) is 4.79 Å². The maximum absolute atomic E-state index is 12.5. The Balaban J connectivity index is 0.00000180. The molecule has 1 aliphatic heterocycles. The highest BCUT2D eigenvalue weighted by molar-refractivity contribution is 5.96. The fourth-order valence-corrected chi connectivity index (χ4v) is 2.56. The molecule has 4 heteroatoms. The van der Waals surface area contributed by atoms with Crippen molar-refractivity contribution in [2.24, 2.45) is 11.8 Å². The number of nitrogen functional groups attached to an aromatic ring is 1. The molecular weight excluding hydrogens is 260 g/mol. The summed E-state index contributed by atoms with van der Waals surface area (Å²) in [5.41, 5.74) is 8.18. The Bertz CT molecular complexity index is 459. The molecule has 1 aliphatic rings. The predicted octanol–water partition coefficient (Wildman–Crippen LogP) is 3.12. The van der Waals surface area contributed by atoms with E-state index in [1.165, 1.54) is 0 Å². The van der Waals surface area contributed by atoms with Crippen LogP contribution in [0.3, 0.4) is 0 Å². The molecule has 1 aromatic carbocycles. The van der Waals surface area contributed by atoms with Crippen LogP contribution in [0.2, 0.25) is 0 Å². The van der Waals surface area contributed by atoms with E-state index >= 15 is 0 Å². The minimum atomic E-state index is 0. The number of aryl methyl sites for hydroxylation is 1. The molecule has 1 amide bonds. The van der Waals surface area contributed by atoms with Crippen LogP contribution in [-0.4, -0.2) is 23.9 Å². The molecule has 0 saturated carbocycles. The normalized spacial score (nSPS) is 18.5. The van der Waals surface area contributed by atoms with Crippen LogP contribution in [0, 0.1) is 18.8 Å². The minimum absolute atomic E-state index is 0. The number of rotatable bonds is 2. The van der Waals surface area contributed by atoms with Gasteiger partial charge in [-0.2, -0.15) is 0 Å². The number of halogens is 1. The molecule has 1 saturated heterocycles. The summed E-state index contributed by atoms with van der Waals surface area (Å²) in [5.74, 6) is 1.41. The first-order chi connectivity index (χ1) is 8.49. The second-order valence-corrected chi connectivity index (χ2v) is 5.62. The molecule has 0 aliphatic carbocycles. The van der Waals surface area contributed by atoms with Crippen LogP contribution in [0.25, 0.3) is 0 Å². The largest absolute Gasteiger partial charge is 0.399 e. The van der Waals surface area contributed by atoms with Crippen molar-refractivity contribution in [3.63, 3.8) is 0 Å². The van der Waals surface area contributed by atoms with Gasteiger partial charge in [0.2, 0.25) is 0 Å². The van der Waals surface area contributed by atoms with Gasteiger partial charge in [-0.25, -0.2) is 0 Å². The van der Waals surface area contributed by atoms with Gasteiger partial charge < -0.3 is 10.6 Å². The van der Waals surface area contributed by atoms with Crippen molar-refractivity contribution in [3.05, 3.63) is 29.3 Å². The Morgan fingerprint density at radius 1 is 1.42 bits per heavy atom. The molecule has 0 radical (unpaired) electrons. The molecule has 106 valence electrons. The van der Waals surface area contributed by atoms with Crippen molar-refractivity contribution in [3.8, 4) is 0 Å². The third-order valence-corrected chi connectivity index (χ3v) is 3.95. The number of amides is 1. The summed E-state index contributed by atoms with van der Waals surface area (Å²) < 4.78 is 0. The highest BCUT2D eigenvalue weighted by Gasteiger charge is 2.29. The van der Waals surface area contributed by atoms with Crippen LogP contribution in [0.1, 0.15) is 36.2 Å². The van der Waals surface area contributed by atoms with Gasteiger partial charge in [-0.05, 0) is 42.9 Å². The van der Waals surface area contributed by atoms with E-state index in [4.69, 9.17) is 5.73 Å². The average molecular weight is 283 g/mol. The summed E-state index contributed by atoms with van der Waals surface area (Å²) in [4.78, 5) is 14.4. The third-order valence-electron chi connectivity index (χ3n) is 3.95. The maximum Gasteiger partial charge on any atom is 0.254 e. The SMILES string of the molecule is Cc1ccc(N)cc1C(=O)N1CCC(C(C)C)C1.Cl. The van der Waals surface area contributed by atoms with Crippen molar-refractivity contribution in [1.29, 1.82) is 0 Å². The summed E-state index contributed by atoms with van der Waals surface area (Å²) in [5, 5.41) is 0. The predicted molar refractivity (Wildman–Crippen MR) is 81.7 cm³/mol. The van der Waals surface area contributed by atoms with Gasteiger partial charge in [-0.1, -0.05) is 19.9 Å². The van der Waals surface area contributed by atoms with Gasteiger partial charge in [0.1, 0.15) is 0 Å². The Morgan fingerprint density at radius 3 is 2.68 bits per heavy atom. The number of hydrogen-bond acceptors (Lipinski definition) is 2. The molecule has 0 aromatic heterocycles. The van der Waals surface area contributed by atoms with Crippen LogP contribution in [0.5, 0.6) is 0 Å². The second kappa shape index (κ2) is 6.29. The molecule has 2 rings (SSSR count). The average Bonchev–Trinajstić information content (AvgIpc) is 2.81. The molecule has 0 bridgehead atoms. The number of hydrogen-bond donors (Lipinski definition) is 1. The fraction of sp³-hybridized carbons (Fsp3) is 0.533. The topological polar surface area (TPSA) is 46.3 Å². The molecule has 1 aromatic rings. The summed E-state index contributed by atoms with van der Waals surface area (Å²) in [7, 11) is 0. The van der Waals surface area contributed by atoms with Gasteiger partial charge in [0.15, 0.2) is 0 Å². The van der Waals surface area contributed by atoms with E-state index in [0.29, 0.717) is 17.5 Å². The van der Waals surface area contributed by atoms with Crippen LogP contribution < -0.4 is 5.73 Å². The molecule has 0 spiro atoms. The van der Waals surface area contributed by atoms with E-state index in [1.807, 2.05) is 24.0 Å². The van der Waals surface area contributed by atoms with Gasteiger partial charge in [0.05, 0.1) is 0 Å². The van der Waals surface area contributed by atoms with Crippen molar-refractivity contribution in [2.45, 2.75) is 27.2 Å². The van der Waals surface area contributed by atoms with E-state index < -0.39 is 0 Å². The van der Waals surface area contributed by atoms with Crippen molar-refractivity contribution >= 4 is 24.0 Å². The number of nitrogens with zero attached hydrogens (tertiary/aromatic N) is 1. The monoisotopic (exact) mass is 282 g/mol. The number of likely N-dealkylation sites (tertiary alicyclic amines) is 1. The first-order valence-electron chi connectivity index (χ1n) is 6.64. The molecule has 1 fully saturated rings. The molecular formula is C15H23ClN2O. The van der Waals surface area contributed by atoms with Gasteiger partial charge in [-0.15, -0.1) is 12.4 Å². The lowest BCUT2D eigenvalue weighted by Crippen LogP contribution is -2.30. The van der Waals surface area contributed by atoms with E-state index in [-0.39, 0.29) is 18.3 Å². The van der Waals surface area contributed by atoms with E-state index in [1.54, 1.807) is 6.07 Å². The lowest BCUT2D eigenvalue weighted by atomic mass is 9.95. The van der Waals surface area contributed by atoms with E-state index in [9.17, 15) is 4.79 Å². The maximum atomic E-state index is 12.5. The molecule has 19 heavy (non-hydrogen) atoms. The summed E-state index contributed by atoms with van der Waals surface area (Å²) in [6.45, 7) is 8.16. The Morgan fingerprint density at radius 2 is 2.11 bits per heavy atom. The van der Waals surface area contributed by atoms with Crippen LogP contribution in [0.4, 0.5) is 5.69 Å². The summed E-state index contributed by atoms with van der Waals surface area (Å²) in [6.07, 6.45) is 1.12. The van der Waals surface area contributed by atoms with Crippen molar-refractivity contribution < 1.29 is 4.79 Å². The third kappa shape index (κ3) is 3.41. The van der Waals surface area contributed by atoms with E-state index in [0.717, 1.165) is 30.6 Å². The van der Waals surface area contributed by atoms with E-state index in [2.05, 4.69) is 13.8 Å². The number of nitrogens with two attached hydrogens (primary N) is 1.